The second-order valence-corrected chi connectivity index (χ2v) is 18.8. The summed E-state index contributed by atoms with van der Waals surface area (Å²) in [6.07, 6.45) is 20.2. The first-order valence-corrected chi connectivity index (χ1v) is 18.0. The minimum absolute atomic E-state index is 0.274. The molecule has 6 rings (SSSR count). The van der Waals surface area contributed by atoms with Crippen molar-refractivity contribution in [2.75, 3.05) is 0 Å². The van der Waals surface area contributed by atoms with E-state index in [9.17, 15) is 0 Å². The Morgan fingerprint density at radius 3 is 1.98 bits per heavy atom. The molecule has 6 aliphatic carbocycles. The Morgan fingerprint density at radius 1 is 0.900 bits per heavy atom. The monoisotopic (exact) mass is 548 g/mol. The maximum Gasteiger partial charge on any atom is 0.0176 e. The van der Waals surface area contributed by atoms with Gasteiger partial charge < -0.3 is 5.41 Å². The first-order valence-electron chi connectivity index (χ1n) is 18.0. The first kappa shape index (κ1) is 29.5. The zero-order chi connectivity index (χ0) is 28.8. The molecule has 6 fully saturated rings. The molecule has 0 heterocycles. The van der Waals surface area contributed by atoms with Gasteiger partial charge in [-0.05, 0) is 147 Å². The smallest absolute Gasteiger partial charge is 0.0176 e. The van der Waals surface area contributed by atoms with Gasteiger partial charge in [0, 0.05) is 17.5 Å². The normalized spacial score (nSPS) is 42.1. The van der Waals surface area contributed by atoms with E-state index in [4.69, 9.17) is 5.41 Å². The van der Waals surface area contributed by atoms with E-state index in [1.807, 2.05) is 11.1 Å². The van der Waals surface area contributed by atoms with Crippen LogP contribution in [0.2, 0.25) is 0 Å². The topological polar surface area (TPSA) is 23.9 Å². The summed E-state index contributed by atoms with van der Waals surface area (Å²) in [4.78, 5) is 0. The Bertz CT molecular complexity index is 998. The third-order valence-corrected chi connectivity index (χ3v) is 14.4. The maximum absolute atomic E-state index is 8.23. The highest BCUT2D eigenvalue weighted by Gasteiger charge is 2.78. The number of hydrogen-bond acceptors (Lipinski definition) is 1. The average Bonchev–Trinajstić information content (AvgIpc) is 3.70. The average molecular weight is 548 g/mol. The molecule has 0 aliphatic heterocycles. The van der Waals surface area contributed by atoms with Crippen molar-refractivity contribution in [1.29, 1.82) is 5.41 Å². The van der Waals surface area contributed by atoms with Gasteiger partial charge in [0.2, 0.25) is 0 Å². The number of rotatable bonds is 12. The summed E-state index contributed by atoms with van der Waals surface area (Å²) in [7, 11) is 0. The summed E-state index contributed by atoms with van der Waals surface area (Å²) < 4.78 is 0. The second kappa shape index (κ2) is 9.97. The predicted molar refractivity (Wildman–Crippen MR) is 172 cm³/mol. The van der Waals surface area contributed by atoms with Gasteiger partial charge in [-0.25, -0.2) is 0 Å². The van der Waals surface area contributed by atoms with E-state index < -0.39 is 0 Å². The standard InChI is InChI=1S/C39H65N/c1-10-25-22-31(25)24(2)29-18-16-26(29)14-15-27-17-19-30(27)32(28-12-11-13-28)39(37(6,7)8,23-36(3,4)5)21-20-38(9)33-34(38)35(33)40/h24-27,29-31,33-34,40H,10-23H2,1-9H3. The Hall–Kier alpha value is -0.590. The highest BCUT2D eigenvalue weighted by atomic mass is 14.9. The SMILES string of the molecule is CCC1CC1C(C)C1CCC1CCC1CCC1C(=C1CCC1)C(CCC1(C)C2C(=N)C21)(CC(C)(C)C)C(C)(C)C. The van der Waals surface area contributed by atoms with Crippen LogP contribution in [0.5, 0.6) is 0 Å². The third-order valence-electron chi connectivity index (χ3n) is 14.4. The lowest BCUT2D eigenvalue weighted by Crippen LogP contribution is -2.47. The fourth-order valence-electron chi connectivity index (χ4n) is 11.2. The largest absolute Gasteiger partial charge is 0.309 e. The summed E-state index contributed by atoms with van der Waals surface area (Å²) in [6.45, 7) is 22.9. The molecule has 1 N–H and O–H groups in total. The van der Waals surface area contributed by atoms with Gasteiger partial charge in [-0.1, -0.05) is 79.9 Å². The van der Waals surface area contributed by atoms with Crippen LogP contribution < -0.4 is 0 Å². The highest BCUT2D eigenvalue weighted by Crippen LogP contribution is 2.77. The molecule has 40 heavy (non-hydrogen) atoms. The van der Waals surface area contributed by atoms with Gasteiger partial charge in [0.15, 0.2) is 0 Å². The number of hydrogen-bond donors (Lipinski definition) is 1. The summed E-state index contributed by atoms with van der Waals surface area (Å²) in [5.74, 6) is 8.31. The van der Waals surface area contributed by atoms with Crippen LogP contribution >= 0.6 is 0 Å². The van der Waals surface area contributed by atoms with E-state index >= 15 is 0 Å². The van der Waals surface area contributed by atoms with Gasteiger partial charge in [-0.15, -0.1) is 0 Å². The van der Waals surface area contributed by atoms with E-state index in [1.165, 1.54) is 89.9 Å². The lowest BCUT2D eigenvalue weighted by atomic mass is 9.47. The van der Waals surface area contributed by atoms with Crippen LogP contribution in [0, 0.1) is 80.3 Å². The van der Waals surface area contributed by atoms with Crippen LogP contribution in [0.4, 0.5) is 0 Å². The molecular weight excluding hydrogens is 482 g/mol. The quantitative estimate of drug-likeness (QED) is 0.235. The van der Waals surface area contributed by atoms with Gasteiger partial charge in [-0.3, -0.25) is 0 Å². The van der Waals surface area contributed by atoms with Crippen LogP contribution in [-0.4, -0.2) is 5.71 Å². The van der Waals surface area contributed by atoms with Gasteiger partial charge in [0.25, 0.3) is 0 Å². The maximum atomic E-state index is 8.23. The summed E-state index contributed by atoms with van der Waals surface area (Å²) >= 11 is 0. The molecule has 0 aromatic heterocycles. The number of allylic oxidation sites excluding steroid dienone is 2. The van der Waals surface area contributed by atoms with Crippen molar-refractivity contribution < 1.29 is 0 Å². The molecule has 0 spiro atoms. The molecule has 0 radical (unpaired) electrons. The molecule has 226 valence electrons. The first-order chi connectivity index (χ1) is 18.7. The highest BCUT2D eigenvalue weighted by molar-refractivity contribution is 6.11. The third kappa shape index (κ3) is 4.92. The molecule has 0 aromatic rings. The van der Waals surface area contributed by atoms with Crippen LogP contribution in [0.1, 0.15) is 152 Å². The van der Waals surface area contributed by atoms with Crippen molar-refractivity contribution in [3.05, 3.63) is 11.1 Å². The molecule has 6 saturated carbocycles. The Labute approximate surface area is 249 Å². The fraction of sp³-hybridized carbons (Fsp3) is 0.923. The van der Waals surface area contributed by atoms with Crippen LogP contribution in [0.15, 0.2) is 11.1 Å². The van der Waals surface area contributed by atoms with Crippen molar-refractivity contribution >= 4 is 5.71 Å². The Morgan fingerprint density at radius 2 is 1.55 bits per heavy atom. The van der Waals surface area contributed by atoms with Crippen molar-refractivity contribution in [2.24, 2.45) is 74.9 Å². The van der Waals surface area contributed by atoms with Gasteiger partial charge in [0.1, 0.15) is 0 Å². The van der Waals surface area contributed by atoms with E-state index in [1.54, 1.807) is 0 Å². The van der Waals surface area contributed by atoms with Crippen molar-refractivity contribution in [1.82, 2.24) is 0 Å². The molecule has 0 bridgehead atoms. The minimum atomic E-state index is 0.274. The molecule has 1 nitrogen and oxygen atoms in total. The molecule has 6 aliphatic rings. The lowest BCUT2D eigenvalue weighted by Gasteiger charge is -2.57. The van der Waals surface area contributed by atoms with E-state index in [0.29, 0.717) is 28.1 Å². The fourth-order valence-corrected chi connectivity index (χ4v) is 11.2. The van der Waals surface area contributed by atoms with E-state index in [0.717, 1.165) is 47.1 Å². The summed E-state index contributed by atoms with van der Waals surface area (Å²) in [6, 6.07) is 0. The molecule has 0 amide bonds. The number of fused-ring (bicyclic) bond motifs is 1. The van der Waals surface area contributed by atoms with Crippen LogP contribution in [-0.2, 0) is 0 Å². The van der Waals surface area contributed by atoms with E-state index in [-0.39, 0.29) is 5.41 Å². The van der Waals surface area contributed by atoms with Gasteiger partial charge in [-0.2, -0.15) is 0 Å². The number of nitrogens with one attached hydrogen (secondary N) is 1. The van der Waals surface area contributed by atoms with Gasteiger partial charge >= 0.3 is 0 Å². The molecular formula is C39H65N. The summed E-state index contributed by atoms with van der Waals surface area (Å²) in [5, 5.41) is 8.23. The van der Waals surface area contributed by atoms with Crippen molar-refractivity contribution in [3.63, 3.8) is 0 Å². The Balaban J connectivity index is 1.20. The molecule has 1 heteroatoms. The minimum Gasteiger partial charge on any atom is -0.309 e. The van der Waals surface area contributed by atoms with Crippen LogP contribution in [0.3, 0.4) is 0 Å². The summed E-state index contributed by atoms with van der Waals surface area (Å²) in [5.41, 5.74) is 6.35. The predicted octanol–water partition coefficient (Wildman–Crippen LogP) is 11.5. The van der Waals surface area contributed by atoms with E-state index in [2.05, 4.69) is 62.3 Å². The molecule has 0 aromatic carbocycles. The molecule has 10 unspecified atom stereocenters. The zero-order valence-electron chi connectivity index (χ0n) is 28.1. The Kier molecular flexibility index (Phi) is 7.35. The van der Waals surface area contributed by atoms with Crippen molar-refractivity contribution in [2.45, 2.75) is 152 Å². The second-order valence-electron chi connectivity index (χ2n) is 18.8. The van der Waals surface area contributed by atoms with Crippen LogP contribution in [0.25, 0.3) is 0 Å². The zero-order valence-corrected chi connectivity index (χ0v) is 28.1. The van der Waals surface area contributed by atoms with Crippen molar-refractivity contribution in [3.8, 4) is 0 Å². The van der Waals surface area contributed by atoms with Gasteiger partial charge in [0.05, 0.1) is 0 Å². The lowest BCUT2D eigenvalue weighted by molar-refractivity contribution is 0.0173. The molecule has 10 atom stereocenters. The molecule has 0 saturated heterocycles.